The molecule has 0 aliphatic heterocycles. The van der Waals surface area contributed by atoms with Crippen LogP contribution in [0.4, 0.5) is 0 Å². The van der Waals surface area contributed by atoms with Crippen molar-refractivity contribution in [2.45, 2.75) is 31.3 Å². The lowest BCUT2D eigenvalue weighted by atomic mass is 10.2. The van der Waals surface area contributed by atoms with Gasteiger partial charge in [-0.1, -0.05) is 48.0 Å². The lowest BCUT2D eigenvalue weighted by molar-refractivity contribution is -0.114. The zero-order valence-electron chi connectivity index (χ0n) is 12.9. The fraction of sp³-hybridized carbons (Fsp3) is 0.235. The minimum absolute atomic E-state index is 0.0800. The second kappa shape index (κ2) is 7.25. The van der Waals surface area contributed by atoms with Gasteiger partial charge >= 0.3 is 0 Å². The number of nitrogens with zero attached hydrogens (tertiary/aromatic N) is 1. The van der Waals surface area contributed by atoms with Gasteiger partial charge in [0.25, 0.3) is 0 Å². The lowest BCUT2D eigenvalue weighted by Gasteiger charge is -2.26. The average molecular weight is 352 g/mol. The van der Waals surface area contributed by atoms with Gasteiger partial charge in [-0.05, 0) is 43.1 Å². The summed E-state index contributed by atoms with van der Waals surface area (Å²) in [7, 11) is -3.83. The highest BCUT2D eigenvalue weighted by molar-refractivity contribution is 7.89. The van der Waals surface area contributed by atoms with Crippen LogP contribution in [0.2, 0.25) is 0 Å². The molecule has 4 nitrogen and oxygen atoms in total. The number of hydrogen-bond acceptors (Lipinski definition) is 3. The highest BCUT2D eigenvalue weighted by Crippen LogP contribution is 2.22. The Hall–Kier alpha value is -1.69. The molecule has 2 rings (SSSR count). The summed E-state index contributed by atoms with van der Waals surface area (Å²) < 4.78 is 26.9. The largest absolute Gasteiger partial charge is 0.279 e. The van der Waals surface area contributed by atoms with E-state index in [4.69, 9.17) is 11.6 Å². The van der Waals surface area contributed by atoms with Crippen molar-refractivity contribution in [3.8, 4) is 0 Å². The molecule has 0 amide bonds. The first-order valence-electron chi connectivity index (χ1n) is 7.14. The molecular formula is C17H18ClNO3S. The van der Waals surface area contributed by atoms with Crippen molar-refractivity contribution in [2.24, 2.45) is 0 Å². The highest BCUT2D eigenvalue weighted by atomic mass is 35.5. The van der Waals surface area contributed by atoms with Crippen molar-refractivity contribution in [3.05, 3.63) is 65.7 Å². The van der Waals surface area contributed by atoms with Crippen molar-refractivity contribution < 1.29 is 13.2 Å². The number of carbonyl (C=O) groups excluding carboxylic acids is 1. The number of rotatable bonds is 6. The second-order valence-electron chi connectivity index (χ2n) is 5.33. The zero-order valence-corrected chi connectivity index (χ0v) is 14.5. The normalized spacial score (nSPS) is 13.0. The minimum Gasteiger partial charge on any atom is -0.279 e. The van der Waals surface area contributed by atoms with Gasteiger partial charge in [0.05, 0.1) is 10.9 Å². The molecule has 0 aromatic heterocycles. The molecule has 2 aromatic rings. The van der Waals surface area contributed by atoms with E-state index in [0.29, 0.717) is 0 Å². The molecule has 6 heteroatoms. The number of sulfonamides is 1. The van der Waals surface area contributed by atoms with Gasteiger partial charge in [-0.15, -0.1) is 0 Å². The van der Waals surface area contributed by atoms with Gasteiger partial charge in [-0.25, -0.2) is 8.42 Å². The summed E-state index contributed by atoms with van der Waals surface area (Å²) in [4.78, 5) is 11.7. The molecule has 0 radical (unpaired) electrons. The van der Waals surface area contributed by atoms with Crippen LogP contribution in [-0.4, -0.2) is 24.0 Å². The zero-order chi connectivity index (χ0) is 17.0. The Kier molecular flexibility index (Phi) is 5.57. The Labute approximate surface area is 141 Å². The van der Waals surface area contributed by atoms with E-state index >= 15 is 0 Å². The first-order chi connectivity index (χ1) is 10.8. The summed E-state index contributed by atoms with van der Waals surface area (Å²) in [6.45, 7) is 3.45. The maximum Gasteiger partial charge on any atom is 0.244 e. The van der Waals surface area contributed by atoms with Gasteiger partial charge in [0.15, 0.2) is 0 Å². The molecule has 1 atom stereocenters. The Bertz CT molecular complexity index is 773. The highest BCUT2D eigenvalue weighted by Gasteiger charge is 2.32. The van der Waals surface area contributed by atoms with Gasteiger partial charge in [-0.2, -0.15) is 4.31 Å². The van der Waals surface area contributed by atoms with Crippen LogP contribution in [0.25, 0.3) is 0 Å². The van der Waals surface area contributed by atoms with Crippen molar-refractivity contribution in [1.82, 2.24) is 4.31 Å². The third-order valence-electron chi connectivity index (χ3n) is 3.57. The Balaban J connectivity index is 2.43. The topological polar surface area (TPSA) is 54.5 Å². The molecule has 0 saturated heterocycles. The lowest BCUT2D eigenvalue weighted by Crippen LogP contribution is -2.41. The van der Waals surface area contributed by atoms with E-state index in [1.54, 1.807) is 12.1 Å². The van der Waals surface area contributed by atoms with Crippen molar-refractivity contribution >= 4 is 26.9 Å². The number of benzene rings is 2. The van der Waals surface area contributed by atoms with Crippen LogP contribution in [0.15, 0.2) is 59.5 Å². The SMILES string of the molecule is Cc1ccc(S(=O)(=O)N(Cc2ccccc2)C(C)C(=O)Cl)cc1. The van der Waals surface area contributed by atoms with Crippen LogP contribution in [0.5, 0.6) is 0 Å². The summed E-state index contributed by atoms with van der Waals surface area (Å²) in [6, 6.07) is 14.7. The summed E-state index contributed by atoms with van der Waals surface area (Å²) in [5.41, 5.74) is 1.74. The quantitative estimate of drug-likeness (QED) is 0.750. The molecule has 2 aromatic carbocycles. The van der Waals surface area contributed by atoms with E-state index < -0.39 is 21.3 Å². The Morgan fingerprint density at radius 3 is 2.17 bits per heavy atom. The maximum atomic E-state index is 12.9. The van der Waals surface area contributed by atoms with Crippen molar-refractivity contribution in [2.75, 3.05) is 0 Å². The van der Waals surface area contributed by atoms with E-state index in [2.05, 4.69) is 0 Å². The number of aryl methyl sites for hydroxylation is 1. The third-order valence-corrected chi connectivity index (χ3v) is 5.82. The summed E-state index contributed by atoms with van der Waals surface area (Å²) in [5, 5.41) is -0.711. The molecule has 0 heterocycles. The fourth-order valence-corrected chi connectivity index (χ4v) is 3.91. The Morgan fingerprint density at radius 1 is 1.09 bits per heavy atom. The molecule has 0 N–H and O–H groups in total. The van der Waals surface area contributed by atoms with Crippen molar-refractivity contribution in [3.63, 3.8) is 0 Å². The Morgan fingerprint density at radius 2 is 1.65 bits per heavy atom. The van der Waals surface area contributed by atoms with Gasteiger partial charge in [0.1, 0.15) is 0 Å². The first-order valence-corrected chi connectivity index (χ1v) is 8.96. The van der Waals surface area contributed by atoms with Crippen LogP contribution >= 0.6 is 11.6 Å². The molecule has 0 bridgehead atoms. The van der Waals surface area contributed by atoms with Gasteiger partial charge in [0, 0.05) is 6.54 Å². The minimum atomic E-state index is -3.83. The predicted molar refractivity (Wildman–Crippen MR) is 90.7 cm³/mol. The molecule has 0 aliphatic carbocycles. The summed E-state index contributed by atoms with van der Waals surface area (Å²) >= 11 is 5.56. The molecule has 122 valence electrons. The monoisotopic (exact) mass is 351 g/mol. The fourth-order valence-electron chi connectivity index (χ4n) is 2.15. The summed E-state index contributed by atoms with van der Waals surface area (Å²) in [6.07, 6.45) is 0. The van der Waals surface area contributed by atoms with Crippen LogP contribution < -0.4 is 0 Å². The smallest absolute Gasteiger partial charge is 0.244 e. The van der Waals surface area contributed by atoms with Crippen molar-refractivity contribution in [1.29, 1.82) is 0 Å². The molecular weight excluding hydrogens is 334 g/mol. The predicted octanol–water partition coefficient (Wildman–Crippen LogP) is 3.34. The molecule has 23 heavy (non-hydrogen) atoms. The van der Waals surface area contributed by atoms with Gasteiger partial charge in [0.2, 0.25) is 15.3 Å². The maximum absolute atomic E-state index is 12.9. The molecule has 1 unspecified atom stereocenters. The first kappa shape index (κ1) is 17.7. The van der Waals surface area contributed by atoms with Crippen LogP contribution in [-0.2, 0) is 21.4 Å². The number of hydrogen-bond donors (Lipinski definition) is 0. The van der Waals surface area contributed by atoms with E-state index in [1.165, 1.54) is 19.1 Å². The van der Waals surface area contributed by atoms with Crippen LogP contribution in [0.3, 0.4) is 0 Å². The standard InChI is InChI=1S/C17H18ClNO3S/c1-13-8-10-16(11-9-13)23(21,22)19(14(2)17(18)20)12-15-6-4-3-5-7-15/h3-11,14H,12H2,1-2H3. The molecule has 0 spiro atoms. The van der Waals surface area contributed by atoms with Gasteiger partial charge in [-0.3, -0.25) is 4.79 Å². The number of halogens is 1. The molecule has 0 aliphatic rings. The third kappa shape index (κ3) is 4.19. The van der Waals surface area contributed by atoms with E-state index in [1.807, 2.05) is 37.3 Å². The molecule has 0 saturated carbocycles. The van der Waals surface area contributed by atoms with Crippen LogP contribution in [0, 0.1) is 6.92 Å². The number of carbonyl (C=O) groups is 1. The second-order valence-corrected chi connectivity index (χ2v) is 7.59. The van der Waals surface area contributed by atoms with E-state index in [0.717, 1.165) is 15.4 Å². The van der Waals surface area contributed by atoms with E-state index in [-0.39, 0.29) is 11.4 Å². The summed E-state index contributed by atoms with van der Waals surface area (Å²) in [5.74, 6) is 0. The van der Waals surface area contributed by atoms with Crippen LogP contribution in [0.1, 0.15) is 18.1 Å². The van der Waals surface area contributed by atoms with E-state index in [9.17, 15) is 13.2 Å². The average Bonchev–Trinajstić information content (AvgIpc) is 2.53. The van der Waals surface area contributed by atoms with Gasteiger partial charge < -0.3 is 0 Å². The molecule has 0 fully saturated rings.